The maximum atomic E-state index is 3.45. The van der Waals surface area contributed by atoms with Crippen molar-refractivity contribution in [2.75, 3.05) is 5.32 Å². The molecule has 15 heavy (non-hydrogen) atoms. The van der Waals surface area contributed by atoms with Crippen LogP contribution in [0.4, 0.5) is 11.4 Å². The van der Waals surface area contributed by atoms with Crippen molar-refractivity contribution in [3.8, 4) is 0 Å². The first-order valence-corrected chi connectivity index (χ1v) is 5.79. The molecule has 2 aromatic rings. The number of fused-ring (bicyclic) bond motifs is 2. The van der Waals surface area contributed by atoms with Gasteiger partial charge in [-0.15, -0.1) is 0 Å². The van der Waals surface area contributed by atoms with Crippen LogP contribution in [0.1, 0.15) is 0 Å². The van der Waals surface area contributed by atoms with Gasteiger partial charge in [0.2, 0.25) is 0 Å². The molecular weight excluding hydrogens is 201 g/mol. The van der Waals surface area contributed by atoms with Crippen LogP contribution in [0.2, 0.25) is 0 Å². The van der Waals surface area contributed by atoms with Crippen molar-refractivity contribution in [2.45, 2.75) is 9.79 Å². The van der Waals surface area contributed by atoms with Gasteiger partial charge in [0.1, 0.15) is 7.85 Å². The molecule has 0 bridgehead atoms. The highest BCUT2D eigenvalue weighted by molar-refractivity contribution is 7.99. The molecule has 0 saturated carbocycles. The summed E-state index contributed by atoms with van der Waals surface area (Å²) >= 11 is 1.83. The van der Waals surface area contributed by atoms with Gasteiger partial charge < -0.3 is 5.32 Å². The highest BCUT2D eigenvalue weighted by Crippen LogP contribution is 2.43. The first kappa shape index (κ1) is 8.92. The quantitative estimate of drug-likeness (QED) is 0.572. The number of hydrogen-bond donors (Lipinski definition) is 1. The average Bonchev–Trinajstić information content (AvgIpc) is 2.26. The van der Waals surface area contributed by atoms with Gasteiger partial charge in [0.05, 0.1) is 11.4 Å². The average molecular weight is 211 g/mol. The Morgan fingerprint density at radius 2 is 1.73 bits per heavy atom. The maximum absolute atomic E-state index is 3.45. The summed E-state index contributed by atoms with van der Waals surface area (Å²) in [5.41, 5.74) is 3.73. The SMILES string of the molecule is Bc1ccc2c(c1)Sc1ccccc1N2. The molecule has 0 aliphatic carbocycles. The predicted octanol–water partition coefficient (Wildman–Crippen LogP) is 2.15. The van der Waals surface area contributed by atoms with Crippen LogP contribution in [0.3, 0.4) is 0 Å². The first-order valence-electron chi connectivity index (χ1n) is 4.97. The van der Waals surface area contributed by atoms with Crippen LogP contribution < -0.4 is 10.8 Å². The van der Waals surface area contributed by atoms with Gasteiger partial charge >= 0.3 is 0 Å². The van der Waals surface area contributed by atoms with E-state index in [2.05, 4.69) is 55.6 Å². The van der Waals surface area contributed by atoms with Crippen LogP contribution in [-0.2, 0) is 0 Å². The second-order valence-corrected chi connectivity index (χ2v) is 4.81. The Hall–Kier alpha value is -1.35. The summed E-state index contributed by atoms with van der Waals surface area (Å²) in [6, 6.07) is 14.9. The third-order valence-corrected chi connectivity index (χ3v) is 3.65. The Labute approximate surface area is 94.3 Å². The summed E-state index contributed by atoms with van der Waals surface area (Å²) in [6.45, 7) is 0. The van der Waals surface area contributed by atoms with Crippen LogP contribution in [0.25, 0.3) is 0 Å². The minimum atomic E-state index is 1.21. The summed E-state index contributed by atoms with van der Waals surface area (Å²) in [6.07, 6.45) is 0. The second kappa shape index (κ2) is 3.35. The molecule has 1 N–H and O–H groups in total. The minimum absolute atomic E-state index is 1.21. The Morgan fingerprint density at radius 3 is 2.67 bits per heavy atom. The number of hydrogen-bond acceptors (Lipinski definition) is 2. The van der Waals surface area contributed by atoms with Gasteiger partial charge in [0.15, 0.2) is 0 Å². The Morgan fingerprint density at radius 1 is 0.933 bits per heavy atom. The summed E-state index contributed by atoms with van der Waals surface area (Å²) in [5, 5.41) is 3.45. The maximum Gasteiger partial charge on any atom is 0.139 e. The number of rotatable bonds is 0. The van der Waals surface area contributed by atoms with Crippen molar-refractivity contribution in [3.63, 3.8) is 0 Å². The first-order chi connectivity index (χ1) is 7.33. The summed E-state index contributed by atoms with van der Waals surface area (Å²) in [7, 11) is 2.13. The molecular formula is C12H10BNS. The van der Waals surface area contributed by atoms with Gasteiger partial charge in [-0.3, -0.25) is 0 Å². The number of nitrogens with one attached hydrogen (secondary N) is 1. The van der Waals surface area contributed by atoms with E-state index in [-0.39, 0.29) is 0 Å². The number of para-hydroxylation sites is 1. The number of benzene rings is 2. The van der Waals surface area contributed by atoms with E-state index in [1.807, 2.05) is 11.8 Å². The van der Waals surface area contributed by atoms with E-state index < -0.39 is 0 Å². The van der Waals surface area contributed by atoms with Crippen LogP contribution in [0, 0.1) is 0 Å². The molecule has 0 saturated heterocycles. The zero-order chi connectivity index (χ0) is 10.3. The molecule has 0 fully saturated rings. The highest BCUT2D eigenvalue weighted by atomic mass is 32.2. The summed E-state index contributed by atoms with van der Waals surface area (Å²) < 4.78 is 0. The van der Waals surface area contributed by atoms with Crippen molar-refractivity contribution in [3.05, 3.63) is 42.5 Å². The van der Waals surface area contributed by atoms with E-state index in [1.165, 1.54) is 26.6 Å². The lowest BCUT2D eigenvalue weighted by Gasteiger charge is -2.20. The Kier molecular flexibility index (Phi) is 1.99. The van der Waals surface area contributed by atoms with Crippen LogP contribution >= 0.6 is 11.8 Å². The van der Waals surface area contributed by atoms with Crippen molar-refractivity contribution in [1.82, 2.24) is 0 Å². The molecule has 1 aliphatic heterocycles. The fourth-order valence-corrected chi connectivity index (χ4v) is 2.83. The molecule has 0 radical (unpaired) electrons. The van der Waals surface area contributed by atoms with E-state index in [1.54, 1.807) is 0 Å². The molecule has 3 rings (SSSR count). The van der Waals surface area contributed by atoms with Gasteiger partial charge in [0, 0.05) is 9.79 Å². The molecule has 2 aromatic carbocycles. The highest BCUT2D eigenvalue weighted by Gasteiger charge is 2.14. The smallest absolute Gasteiger partial charge is 0.139 e. The zero-order valence-corrected chi connectivity index (χ0v) is 9.27. The molecule has 1 heterocycles. The predicted molar refractivity (Wildman–Crippen MR) is 68.5 cm³/mol. The van der Waals surface area contributed by atoms with E-state index in [4.69, 9.17) is 0 Å². The lowest BCUT2D eigenvalue weighted by atomic mass is 9.96. The van der Waals surface area contributed by atoms with Gasteiger partial charge in [0.25, 0.3) is 0 Å². The molecule has 1 nitrogen and oxygen atoms in total. The van der Waals surface area contributed by atoms with Crippen molar-refractivity contribution in [1.29, 1.82) is 0 Å². The molecule has 72 valence electrons. The number of anilines is 2. The van der Waals surface area contributed by atoms with E-state index >= 15 is 0 Å². The Bertz CT molecular complexity index is 525. The third-order valence-electron chi connectivity index (χ3n) is 2.51. The molecule has 0 atom stereocenters. The minimum Gasteiger partial charge on any atom is -0.354 e. The third kappa shape index (κ3) is 1.53. The topological polar surface area (TPSA) is 12.0 Å². The van der Waals surface area contributed by atoms with E-state index in [0.717, 1.165) is 0 Å². The molecule has 0 spiro atoms. The standard InChI is InChI=1S/C12H10BNS/c13-8-5-6-10-12(7-8)15-11-4-2-1-3-9(11)14-10/h1-7,14H,13H2. The normalized spacial score (nSPS) is 12.5. The summed E-state index contributed by atoms with van der Waals surface area (Å²) in [4.78, 5) is 2.62. The molecule has 0 unspecified atom stereocenters. The van der Waals surface area contributed by atoms with Crippen molar-refractivity contribution < 1.29 is 0 Å². The van der Waals surface area contributed by atoms with Gasteiger partial charge in [-0.1, -0.05) is 41.5 Å². The van der Waals surface area contributed by atoms with Gasteiger partial charge in [-0.25, -0.2) is 0 Å². The largest absolute Gasteiger partial charge is 0.354 e. The molecule has 1 aliphatic rings. The second-order valence-electron chi connectivity index (χ2n) is 3.72. The lowest BCUT2D eigenvalue weighted by Crippen LogP contribution is -2.06. The molecule has 3 heteroatoms. The molecule has 0 aromatic heterocycles. The lowest BCUT2D eigenvalue weighted by molar-refractivity contribution is 1.32. The van der Waals surface area contributed by atoms with Crippen molar-refractivity contribution in [2.24, 2.45) is 0 Å². The zero-order valence-electron chi connectivity index (χ0n) is 8.45. The molecule has 0 amide bonds. The van der Waals surface area contributed by atoms with Crippen molar-refractivity contribution >= 4 is 36.4 Å². The Balaban J connectivity index is 2.11. The fourth-order valence-electron chi connectivity index (χ4n) is 1.74. The van der Waals surface area contributed by atoms with Crippen LogP contribution in [0.15, 0.2) is 52.3 Å². The van der Waals surface area contributed by atoms with E-state index in [0.29, 0.717) is 0 Å². The van der Waals surface area contributed by atoms with Gasteiger partial charge in [-0.2, -0.15) is 0 Å². The van der Waals surface area contributed by atoms with Crippen LogP contribution in [0.5, 0.6) is 0 Å². The van der Waals surface area contributed by atoms with Crippen LogP contribution in [-0.4, -0.2) is 7.85 Å². The monoisotopic (exact) mass is 211 g/mol. The van der Waals surface area contributed by atoms with Gasteiger partial charge in [-0.05, 0) is 18.2 Å². The van der Waals surface area contributed by atoms with E-state index in [9.17, 15) is 0 Å². The fraction of sp³-hybridized carbons (Fsp3) is 0. The summed E-state index contributed by atoms with van der Waals surface area (Å²) in [5.74, 6) is 0.